The lowest BCUT2D eigenvalue weighted by atomic mass is 9.96. The average Bonchev–Trinajstić information content (AvgIpc) is 1.56. The Labute approximate surface area is 846 Å². The van der Waals surface area contributed by atoms with Crippen LogP contribution in [0.25, 0.3) is 261 Å². The first-order valence-corrected chi connectivity index (χ1v) is 50.1. The van der Waals surface area contributed by atoms with Crippen LogP contribution >= 0.6 is 22.7 Å². The van der Waals surface area contributed by atoms with E-state index in [4.69, 9.17) is 4.42 Å². The molecule has 0 N–H and O–H groups in total. The standard InChI is InChI=1S/C44H24N4O.2C44H24N4S/c45-25-27-15-20-38-36(22-27)32-10-4-6-12-37(32)48(38)40-23-28(26-46)14-17-31(40)29-16-18-35-41(24-29)47(30-8-2-1-3-9-30)39-21-19-34-33-11-5-7-13-42(33)49-44(34)43(35)39;45-25-27-17-21-38-36(23-27)32-12-4-6-15-37(32)48(38)43-29(26-46)9-8-14-31(43)28-18-19-35-40(24-28)47(30-10-2-1-3-11-30)39-22-20-34-33-13-5-7-16-41(33)49-44(34)42(35)39;45-25-27-17-21-37-35(23-27)31-12-4-6-14-36(31)48(37)38-15-8-9-29(26-46)42(38)28-18-19-34-40(24-28)47(30-10-2-1-3-11-30)39-22-20-33-32-13-5-7-16-41(32)49-44(33)43(34)39/h3*1-24H. The summed E-state index contributed by atoms with van der Waals surface area (Å²) in [5.41, 5.74) is 29.7. The Bertz CT molecular complexity index is 11100. The van der Waals surface area contributed by atoms with Gasteiger partial charge in [-0.15, -0.1) is 22.7 Å². The molecule has 9 aromatic heterocycles. The number of para-hydroxylation sites is 8. The van der Waals surface area contributed by atoms with Gasteiger partial charge in [-0.2, -0.15) is 31.6 Å². The van der Waals surface area contributed by atoms with Gasteiger partial charge in [0.05, 0.1) is 152 Å². The maximum absolute atomic E-state index is 10.5. The zero-order chi connectivity index (χ0) is 97.9. The number of hydrogen-bond donors (Lipinski definition) is 0. The van der Waals surface area contributed by atoms with Crippen LogP contribution in [0.15, 0.2) is 441 Å². The molecule has 30 rings (SSSR count). The highest BCUT2D eigenvalue weighted by atomic mass is 32.1. The number of hydrogen-bond acceptors (Lipinski definition) is 9. The van der Waals surface area contributed by atoms with Crippen LogP contribution in [-0.2, 0) is 0 Å². The van der Waals surface area contributed by atoms with Crippen LogP contribution in [0.1, 0.15) is 33.4 Å². The molecule has 0 atom stereocenters. The van der Waals surface area contributed by atoms with Crippen molar-refractivity contribution in [2.75, 3.05) is 0 Å². The van der Waals surface area contributed by atoms with E-state index in [0.29, 0.717) is 33.4 Å². The van der Waals surface area contributed by atoms with Crippen molar-refractivity contribution >= 4 is 216 Å². The molecule has 0 fully saturated rings. The fourth-order valence-corrected chi connectivity index (χ4v) is 25.6. The second-order valence-electron chi connectivity index (χ2n) is 37.1. The smallest absolute Gasteiger partial charge is 0.145 e. The van der Waals surface area contributed by atoms with Gasteiger partial charge in [0.2, 0.25) is 0 Å². The Hall–Kier alpha value is -20.4. The predicted octanol–water partition coefficient (Wildman–Crippen LogP) is 34.5. The number of furan rings is 1. The van der Waals surface area contributed by atoms with Crippen LogP contribution in [0.5, 0.6) is 0 Å². The van der Waals surface area contributed by atoms with Crippen LogP contribution in [-0.4, -0.2) is 27.4 Å². The average molecular weight is 1910 g/mol. The van der Waals surface area contributed by atoms with E-state index in [9.17, 15) is 31.6 Å². The minimum atomic E-state index is 0.574. The third kappa shape index (κ3) is 13.0. The third-order valence-corrected chi connectivity index (χ3v) is 31.7. The molecule has 0 bridgehead atoms. The zero-order valence-corrected chi connectivity index (χ0v) is 79.8. The minimum Gasteiger partial charge on any atom is -0.455 e. The second kappa shape index (κ2) is 33.7. The van der Waals surface area contributed by atoms with Gasteiger partial charge < -0.3 is 31.8 Å². The van der Waals surface area contributed by atoms with Crippen LogP contribution in [0.4, 0.5) is 0 Å². The molecule has 9 heterocycles. The van der Waals surface area contributed by atoms with E-state index in [1.54, 1.807) is 0 Å². The zero-order valence-electron chi connectivity index (χ0n) is 78.2. The normalized spacial score (nSPS) is 11.6. The lowest BCUT2D eigenvalue weighted by Crippen LogP contribution is -2.01. The molecule has 0 saturated heterocycles. The molecule has 13 nitrogen and oxygen atoms in total. The van der Waals surface area contributed by atoms with Gasteiger partial charge in [0.1, 0.15) is 17.2 Å². The van der Waals surface area contributed by atoms with Crippen LogP contribution in [0.2, 0.25) is 0 Å². The molecule has 0 unspecified atom stereocenters. The highest BCUT2D eigenvalue weighted by Crippen LogP contribution is 2.52. The molecule has 21 aromatic carbocycles. The Kier molecular flexibility index (Phi) is 19.4. The summed E-state index contributed by atoms with van der Waals surface area (Å²) >= 11 is 3.70. The molecular formula is C132H72N12OS2. The Balaban J connectivity index is 0.000000107. The van der Waals surface area contributed by atoms with Crippen molar-refractivity contribution in [2.45, 2.75) is 0 Å². The molecule has 147 heavy (non-hydrogen) atoms. The number of nitrogens with zero attached hydrogens (tertiary/aromatic N) is 12. The van der Waals surface area contributed by atoms with Gasteiger partial charge in [0.25, 0.3) is 0 Å². The predicted molar refractivity (Wildman–Crippen MR) is 603 cm³/mol. The highest BCUT2D eigenvalue weighted by molar-refractivity contribution is 7.27. The van der Waals surface area contributed by atoms with Crippen molar-refractivity contribution in [1.29, 1.82) is 31.6 Å². The van der Waals surface area contributed by atoms with E-state index in [1.165, 1.54) is 67.4 Å². The van der Waals surface area contributed by atoms with E-state index < -0.39 is 0 Å². The molecule has 0 spiro atoms. The van der Waals surface area contributed by atoms with Gasteiger partial charge in [0, 0.05) is 144 Å². The number of nitriles is 6. The number of aromatic nitrogens is 6. The Morgan fingerprint density at radius 1 is 0.204 bits per heavy atom. The molecule has 30 aromatic rings. The SMILES string of the molecule is N#Cc1ccc(-c2ccc3c4c5oc6ccccc6c5ccc4n(-c4ccccc4)c3c2)c(-n2c3ccccc3c3cc(C#N)ccc32)c1.N#Cc1ccc2c(c1)c1ccccc1n2-c1c(C#N)cccc1-c1ccc2c3c4sc5ccccc5c4ccc3n(-c3ccccc3)c2c1.N#Cc1ccc2c(c1)c1ccccc1n2-c1cccc(C#N)c1-c1ccc2c3c4sc5ccccc5c4ccc3n(-c3ccccc3)c2c1. The van der Waals surface area contributed by atoms with Crippen molar-refractivity contribution in [3.05, 3.63) is 470 Å². The van der Waals surface area contributed by atoms with Gasteiger partial charge >= 0.3 is 0 Å². The fourth-order valence-electron chi connectivity index (χ4n) is 23.1. The van der Waals surface area contributed by atoms with E-state index >= 15 is 0 Å². The summed E-state index contributed by atoms with van der Waals surface area (Å²) in [6, 6.07) is 165. The Morgan fingerprint density at radius 2 is 0.571 bits per heavy atom. The van der Waals surface area contributed by atoms with Crippen LogP contribution < -0.4 is 0 Å². The lowest BCUT2D eigenvalue weighted by molar-refractivity contribution is 0.673. The van der Waals surface area contributed by atoms with Crippen molar-refractivity contribution in [2.24, 2.45) is 0 Å². The van der Waals surface area contributed by atoms with Gasteiger partial charge in [0.15, 0.2) is 0 Å². The molecule has 0 aliphatic heterocycles. The van der Waals surface area contributed by atoms with Gasteiger partial charge in [-0.05, 0) is 217 Å². The minimum absolute atomic E-state index is 0.574. The van der Waals surface area contributed by atoms with E-state index in [2.05, 4.69) is 343 Å². The van der Waals surface area contributed by atoms with Crippen LogP contribution in [0.3, 0.4) is 0 Å². The first-order chi connectivity index (χ1) is 72.7. The van der Waals surface area contributed by atoms with Crippen LogP contribution in [0, 0.1) is 68.0 Å². The number of benzene rings is 21. The molecule has 0 amide bonds. The topological polar surface area (TPSA) is 185 Å². The number of rotatable bonds is 9. The quantitative estimate of drug-likeness (QED) is 0.138. The molecule has 0 radical (unpaired) electrons. The van der Waals surface area contributed by atoms with Crippen molar-refractivity contribution in [1.82, 2.24) is 27.4 Å². The summed E-state index contributed by atoms with van der Waals surface area (Å²) in [6.07, 6.45) is 0. The first-order valence-electron chi connectivity index (χ1n) is 48.4. The van der Waals surface area contributed by atoms with Gasteiger partial charge in [-0.3, -0.25) is 0 Å². The maximum atomic E-state index is 10.5. The van der Waals surface area contributed by atoms with E-state index in [-0.39, 0.29) is 0 Å². The Morgan fingerprint density at radius 3 is 1.07 bits per heavy atom. The molecule has 0 aliphatic rings. The van der Waals surface area contributed by atoms with Crippen molar-refractivity contribution in [3.63, 3.8) is 0 Å². The summed E-state index contributed by atoms with van der Waals surface area (Å²) in [6.45, 7) is 0. The van der Waals surface area contributed by atoms with Crippen molar-refractivity contribution in [3.8, 4) is 104 Å². The first kappa shape index (κ1) is 84.7. The van der Waals surface area contributed by atoms with Gasteiger partial charge in [-0.1, -0.05) is 237 Å². The summed E-state index contributed by atoms with van der Waals surface area (Å²) in [4.78, 5) is 0. The summed E-state index contributed by atoms with van der Waals surface area (Å²) in [7, 11) is 0. The molecular weight excluding hydrogens is 1830 g/mol. The highest BCUT2D eigenvalue weighted by Gasteiger charge is 2.29. The summed E-state index contributed by atoms with van der Waals surface area (Å²) in [5, 5.41) is 80.7. The largest absolute Gasteiger partial charge is 0.455 e. The third-order valence-electron chi connectivity index (χ3n) is 29.3. The van der Waals surface area contributed by atoms with Gasteiger partial charge in [-0.25, -0.2) is 0 Å². The van der Waals surface area contributed by atoms with E-state index in [1.807, 2.05) is 180 Å². The second-order valence-corrected chi connectivity index (χ2v) is 39.2. The van der Waals surface area contributed by atoms with Crippen molar-refractivity contribution < 1.29 is 4.42 Å². The monoisotopic (exact) mass is 1900 g/mol. The fraction of sp³-hybridized carbons (Fsp3) is 0. The lowest BCUT2D eigenvalue weighted by Gasteiger charge is -2.16. The molecule has 15 heteroatoms. The summed E-state index contributed by atoms with van der Waals surface area (Å²) < 4.78 is 25.4. The molecule has 678 valence electrons. The number of thiophene rings is 2. The molecule has 0 aliphatic carbocycles. The number of fused-ring (bicyclic) bond motifs is 30. The summed E-state index contributed by atoms with van der Waals surface area (Å²) in [5.74, 6) is 0. The molecule has 0 saturated carbocycles. The van der Waals surface area contributed by atoms with E-state index in [0.717, 1.165) is 193 Å². The maximum Gasteiger partial charge on any atom is 0.145 e.